The Morgan fingerprint density at radius 1 is 1.29 bits per heavy atom. The monoisotopic (exact) mass is 495 g/mol. The van der Waals surface area contributed by atoms with Gasteiger partial charge in [-0.25, -0.2) is 9.78 Å². The molecule has 3 N–H and O–H groups in total. The number of aromatic nitrogens is 2. The summed E-state index contributed by atoms with van der Waals surface area (Å²) in [4.78, 5) is 42.5. The summed E-state index contributed by atoms with van der Waals surface area (Å²) in [6, 6.07) is 5.25. The number of fused-ring (bicyclic) bond motifs is 5. The highest BCUT2D eigenvalue weighted by atomic mass is 35.5. The first kappa shape index (κ1) is 22.2. The van der Waals surface area contributed by atoms with E-state index in [9.17, 15) is 24.6 Å². The molecule has 0 saturated heterocycles. The van der Waals surface area contributed by atoms with Crippen molar-refractivity contribution >= 4 is 34.4 Å². The lowest BCUT2D eigenvalue weighted by Crippen LogP contribution is -2.35. The molecular weight excluding hydrogens is 474 g/mol. The van der Waals surface area contributed by atoms with Crippen LogP contribution in [-0.2, 0) is 34.0 Å². The molecule has 6 rings (SSSR count). The minimum atomic E-state index is -1.54. The van der Waals surface area contributed by atoms with Crippen LogP contribution in [-0.4, -0.2) is 37.7 Å². The number of rotatable bonds is 4. The van der Waals surface area contributed by atoms with Crippen LogP contribution in [0.2, 0.25) is 5.02 Å². The fourth-order valence-corrected chi connectivity index (χ4v) is 5.10. The number of carbonyl (C=O) groups is 2. The lowest BCUT2D eigenvalue weighted by atomic mass is 9.97. The molecule has 1 aromatic carbocycles. The number of pyridine rings is 2. The molecule has 3 aromatic rings. The van der Waals surface area contributed by atoms with Crippen molar-refractivity contribution in [1.82, 2.24) is 14.9 Å². The topological polar surface area (TPSA) is 131 Å². The molecule has 2 atom stereocenters. The predicted octanol–water partition coefficient (Wildman–Crippen LogP) is 1.86. The Labute approximate surface area is 204 Å². The number of nitrogens with one attached hydrogen (secondary N) is 1. The van der Waals surface area contributed by atoms with Crippen LogP contribution in [0.3, 0.4) is 0 Å². The molecule has 1 amide bonds. The maximum atomic E-state index is 13.3. The normalized spacial score (nSPS) is 19.1. The number of hydrogen-bond acceptors (Lipinski definition) is 7. The Morgan fingerprint density at radius 2 is 2.06 bits per heavy atom. The number of amides is 1. The molecule has 35 heavy (non-hydrogen) atoms. The average molecular weight is 496 g/mol. The molecule has 2 unspecified atom stereocenters. The maximum Gasteiger partial charge on any atom is 0.340 e. The van der Waals surface area contributed by atoms with Crippen molar-refractivity contribution in [1.29, 1.82) is 0 Å². The van der Waals surface area contributed by atoms with Crippen molar-refractivity contribution in [2.75, 3.05) is 0 Å². The van der Waals surface area contributed by atoms with Gasteiger partial charge in [-0.2, -0.15) is 0 Å². The van der Waals surface area contributed by atoms with Gasteiger partial charge < -0.3 is 24.8 Å². The van der Waals surface area contributed by atoms with Crippen LogP contribution in [0.5, 0.6) is 0 Å². The fraction of sp³-hybridized carbons (Fsp3) is 0.360. The molecule has 1 aliphatic carbocycles. The van der Waals surface area contributed by atoms with Crippen molar-refractivity contribution in [2.24, 2.45) is 5.92 Å². The van der Waals surface area contributed by atoms with E-state index in [1.807, 2.05) is 13.0 Å². The molecule has 180 valence electrons. The summed E-state index contributed by atoms with van der Waals surface area (Å²) in [6.07, 6.45) is -0.915. The van der Waals surface area contributed by atoms with Crippen LogP contribution < -0.4 is 10.9 Å². The number of hydrogen-bond donors (Lipinski definition) is 3. The number of halogens is 1. The third-order valence-corrected chi connectivity index (χ3v) is 7.54. The summed E-state index contributed by atoms with van der Waals surface area (Å²) in [6.45, 7) is 2.02. The van der Waals surface area contributed by atoms with Crippen molar-refractivity contribution in [3.05, 3.63) is 61.4 Å². The van der Waals surface area contributed by atoms with Gasteiger partial charge in [-0.15, -0.1) is 0 Å². The SMILES string of the molecule is Cc1cc2c(CNC(=O)C(O)C3CC3)c3c(nc2cc1Cl)-c1cc2c(c(=O)n1C3)COC(=O)C2O. The Morgan fingerprint density at radius 3 is 2.80 bits per heavy atom. The molecule has 1 fully saturated rings. The van der Waals surface area contributed by atoms with E-state index in [4.69, 9.17) is 21.3 Å². The van der Waals surface area contributed by atoms with Crippen LogP contribution in [0.4, 0.5) is 0 Å². The van der Waals surface area contributed by atoms with E-state index >= 15 is 0 Å². The van der Waals surface area contributed by atoms with Gasteiger partial charge in [0.15, 0.2) is 6.10 Å². The molecule has 0 bridgehead atoms. The van der Waals surface area contributed by atoms with Crippen molar-refractivity contribution in [3.8, 4) is 11.4 Å². The van der Waals surface area contributed by atoms with Crippen LogP contribution in [0.1, 0.15) is 46.8 Å². The van der Waals surface area contributed by atoms with Gasteiger partial charge >= 0.3 is 5.97 Å². The highest BCUT2D eigenvalue weighted by Gasteiger charge is 2.36. The Hall–Kier alpha value is -3.27. The van der Waals surface area contributed by atoms with Crippen molar-refractivity contribution in [2.45, 2.75) is 51.7 Å². The molecule has 2 aliphatic heterocycles. The van der Waals surface area contributed by atoms with Gasteiger partial charge in [0.05, 0.1) is 29.0 Å². The van der Waals surface area contributed by atoms with E-state index in [1.54, 1.807) is 16.7 Å². The fourth-order valence-electron chi connectivity index (χ4n) is 4.95. The van der Waals surface area contributed by atoms with Gasteiger partial charge in [-0.1, -0.05) is 11.6 Å². The van der Waals surface area contributed by atoms with Gasteiger partial charge in [0.1, 0.15) is 12.7 Å². The molecule has 9 nitrogen and oxygen atoms in total. The van der Waals surface area contributed by atoms with E-state index in [0.29, 0.717) is 21.9 Å². The number of aliphatic hydroxyl groups excluding tert-OH is 2. The zero-order chi connectivity index (χ0) is 24.6. The summed E-state index contributed by atoms with van der Waals surface area (Å²) in [5, 5.41) is 24.7. The van der Waals surface area contributed by atoms with Crippen molar-refractivity contribution in [3.63, 3.8) is 0 Å². The van der Waals surface area contributed by atoms with Crippen LogP contribution in [0.15, 0.2) is 23.0 Å². The first-order chi connectivity index (χ1) is 16.7. The number of benzene rings is 1. The zero-order valence-corrected chi connectivity index (χ0v) is 19.6. The second kappa shape index (κ2) is 7.87. The van der Waals surface area contributed by atoms with Crippen LogP contribution in [0.25, 0.3) is 22.3 Å². The Kier molecular flexibility index (Phi) is 5.00. The number of cyclic esters (lactones) is 1. The summed E-state index contributed by atoms with van der Waals surface area (Å²) in [5.74, 6) is -1.23. The maximum absolute atomic E-state index is 13.3. The molecule has 3 aliphatic rings. The minimum Gasteiger partial charge on any atom is -0.458 e. The highest BCUT2D eigenvalue weighted by Crippen LogP contribution is 2.39. The Balaban J connectivity index is 1.51. The quantitative estimate of drug-likeness (QED) is 0.368. The number of esters is 1. The third kappa shape index (κ3) is 3.45. The summed E-state index contributed by atoms with van der Waals surface area (Å²) in [5.41, 5.74) is 4.04. The second-order valence-electron chi connectivity index (χ2n) is 9.40. The summed E-state index contributed by atoms with van der Waals surface area (Å²) >= 11 is 6.37. The first-order valence-corrected chi connectivity index (χ1v) is 11.8. The third-order valence-electron chi connectivity index (χ3n) is 7.13. The van der Waals surface area contributed by atoms with Gasteiger partial charge in [0.25, 0.3) is 5.56 Å². The van der Waals surface area contributed by atoms with Gasteiger partial charge in [-0.3, -0.25) is 9.59 Å². The molecule has 0 spiro atoms. The molecule has 0 radical (unpaired) electrons. The van der Waals surface area contributed by atoms with E-state index in [1.165, 1.54) is 0 Å². The molecule has 1 saturated carbocycles. The van der Waals surface area contributed by atoms with Gasteiger partial charge in [-0.05, 0) is 55.0 Å². The molecule has 10 heteroatoms. The summed E-state index contributed by atoms with van der Waals surface area (Å²) in [7, 11) is 0. The molecular formula is C25H22ClN3O6. The Bertz CT molecular complexity index is 1510. The van der Waals surface area contributed by atoms with E-state index < -0.39 is 24.1 Å². The molecule has 4 heterocycles. The second-order valence-corrected chi connectivity index (χ2v) is 9.81. The van der Waals surface area contributed by atoms with Gasteiger partial charge in [0, 0.05) is 28.1 Å². The van der Waals surface area contributed by atoms with Crippen LogP contribution >= 0.6 is 11.6 Å². The predicted molar refractivity (Wildman–Crippen MR) is 126 cm³/mol. The first-order valence-electron chi connectivity index (χ1n) is 11.4. The number of aryl methyl sites for hydroxylation is 1. The van der Waals surface area contributed by atoms with Crippen molar-refractivity contribution < 1.29 is 24.5 Å². The standard InChI is InChI=1S/C25H22ClN3O6/c1-10-4-12-14(7-27-23(32)21(30)11-2-3-11)15-8-29-19(20(15)28-18(12)6-17(10)26)5-13-16(24(29)33)9-35-25(34)22(13)31/h4-6,11,21-22,30-31H,2-3,7-9H2,1H3,(H,27,32). The number of carbonyl (C=O) groups excluding carboxylic acids is 2. The summed E-state index contributed by atoms with van der Waals surface area (Å²) < 4.78 is 6.50. The van der Waals surface area contributed by atoms with E-state index in [0.717, 1.165) is 34.9 Å². The largest absolute Gasteiger partial charge is 0.458 e. The smallest absolute Gasteiger partial charge is 0.340 e. The lowest BCUT2D eigenvalue weighted by molar-refractivity contribution is -0.157. The minimum absolute atomic E-state index is 0.00135. The van der Waals surface area contributed by atoms with Gasteiger partial charge in [0.2, 0.25) is 5.91 Å². The van der Waals surface area contributed by atoms with E-state index in [2.05, 4.69) is 5.32 Å². The lowest BCUT2D eigenvalue weighted by Gasteiger charge is -2.21. The molecule has 2 aromatic heterocycles. The van der Waals surface area contributed by atoms with Crippen LogP contribution in [0, 0.1) is 12.8 Å². The zero-order valence-electron chi connectivity index (χ0n) is 18.8. The van der Waals surface area contributed by atoms with E-state index in [-0.39, 0.29) is 42.3 Å². The number of nitrogens with zero attached hydrogens (tertiary/aromatic N) is 2. The average Bonchev–Trinajstić information content (AvgIpc) is 3.62. The number of ether oxygens (including phenoxy) is 1. The highest BCUT2D eigenvalue weighted by molar-refractivity contribution is 6.32. The number of aliphatic hydroxyl groups is 2.